The first-order chi connectivity index (χ1) is 9.24. The zero-order chi connectivity index (χ0) is 13.5. The average Bonchev–Trinajstić information content (AvgIpc) is 2.40. The number of carbonyl (C=O) groups is 1. The molecule has 0 atom stereocenters. The van der Waals surface area contributed by atoms with Crippen molar-refractivity contribution in [3.63, 3.8) is 0 Å². The Bertz CT molecular complexity index is 424. The van der Waals surface area contributed by atoms with Gasteiger partial charge in [-0.15, -0.1) is 0 Å². The first kappa shape index (κ1) is 14.2. The van der Waals surface area contributed by atoms with Gasteiger partial charge in [0.1, 0.15) is 17.3 Å². The molecule has 1 aliphatic heterocycles. The van der Waals surface area contributed by atoms with Crippen LogP contribution in [0.5, 0.6) is 0 Å². The largest absolute Gasteiger partial charge is 0.379 e. The molecule has 0 spiro atoms. The second-order valence-corrected chi connectivity index (χ2v) is 4.72. The van der Waals surface area contributed by atoms with E-state index in [0.29, 0.717) is 17.4 Å². The van der Waals surface area contributed by atoms with Crippen LogP contribution in [0.3, 0.4) is 0 Å². The molecule has 0 unspecified atom stereocenters. The van der Waals surface area contributed by atoms with Crippen molar-refractivity contribution < 1.29 is 9.53 Å². The number of hydrogen-bond acceptors (Lipinski definition) is 5. The van der Waals surface area contributed by atoms with E-state index in [1.54, 1.807) is 0 Å². The van der Waals surface area contributed by atoms with E-state index < -0.39 is 0 Å². The molecule has 0 saturated carbocycles. The number of aromatic nitrogens is 2. The lowest BCUT2D eigenvalue weighted by atomic mass is 10.2. The van der Waals surface area contributed by atoms with Gasteiger partial charge in [-0.2, -0.15) is 0 Å². The first-order valence-corrected chi connectivity index (χ1v) is 6.69. The summed E-state index contributed by atoms with van der Waals surface area (Å²) < 4.78 is 5.27. The molecular formula is C12H17ClN4O2. The van der Waals surface area contributed by atoms with Gasteiger partial charge in [0, 0.05) is 25.6 Å². The molecule has 6 nitrogen and oxygen atoms in total. The van der Waals surface area contributed by atoms with Crippen molar-refractivity contribution in [2.75, 3.05) is 38.2 Å². The van der Waals surface area contributed by atoms with Crippen molar-refractivity contribution in [1.82, 2.24) is 14.9 Å². The molecule has 0 aromatic carbocycles. The predicted molar refractivity (Wildman–Crippen MR) is 72.2 cm³/mol. The van der Waals surface area contributed by atoms with Gasteiger partial charge in [0.2, 0.25) is 5.91 Å². The van der Waals surface area contributed by atoms with E-state index in [0.717, 1.165) is 39.3 Å². The summed E-state index contributed by atoms with van der Waals surface area (Å²) in [4.78, 5) is 21.7. The summed E-state index contributed by atoms with van der Waals surface area (Å²) in [5, 5.41) is 3.02. The second kappa shape index (κ2) is 7.37. The van der Waals surface area contributed by atoms with Gasteiger partial charge < -0.3 is 10.1 Å². The van der Waals surface area contributed by atoms with Crippen molar-refractivity contribution in [2.45, 2.75) is 12.8 Å². The second-order valence-electron chi connectivity index (χ2n) is 4.33. The molecule has 1 aromatic rings. The maximum absolute atomic E-state index is 11.7. The highest BCUT2D eigenvalue weighted by atomic mass is 35.5. The number of morpholine rings is 1. The zero-order valence-corrected chi connectivity index (χ0v) is 11.4. The molecule has 19 heavy (non-hydrogen) atoms. The van der Waals surface area contributed by atoms with E-state index in [2.05, 4.69) is 20.2 Å². The third-order valence-electron chi connectivity index (χ3n) is 2.88. The molecule has 1 aromatic heterocycles. The molecule has 0 radical (unpaired) electrons. The topological polar surface area (TPSA) is 67.3 Å². The van der Waals surface area contributed by atoms with Crippen LogP contribution in [-0.4, -0.2) is 53.6 Å². The average molecular weight is 285 g/mol. The van der Waals surface area contributed by atoms with Crippen molar-refractivity contribution in [1.29, 1.82) is 0 Å². The van der Waals surface area contributed by atoms with Gasteiger partial charge in [-0.05, 0) is 13.0 Å². The highest BCUT2D eigenvalue weighted by molar-refractivity contribution is 6.29. The molecule has 0 bridgehead atoms. The zero-order valence-electron chi connectivity index (χ0n) is 10.6. The number of halogens is 1. The third kappa shape index (κ3) is 5.10. The normalized spacial score (nSPS) is 16.3. The van der Waals surface area contributed by atoms with Gasteiger partial charge in [-0.3, -0.25) is 9.69 Å². The van der Waals surface area contributed by atoms with Gasteiger partial charge in [0.15, 0.2) is 0 Å². The molecule has 2 rings (SSSR count). The lowest BCUT2D eigenvalue weighted by Gasteiger charge is -2.26. The highest BCUT2D eigenvalue weighted by Crippen LogP contribution is 2.09. The van der Waals surface area contributed by atoms with Gasteiger partial charge in [-0.25, -0.2) is 9.97 Å². The van der Waals surface area contributed by atoms with Gasteiger partial charge in [-0.1, -0.05) is 11.6 Å². The number of nitrogens with one attached hydrogen (secondary N) is 1. The summed E-state index contributed by atoms with van der Waals surface area (Å²) in [6, 6.07) is 1.53. The van der Waals surface area contributed by atoms with Crippen LogP contribution in [0.15, 0.2) is 12.4 Å². The van der Waals surface area contributed by atoms with Crippen molar-refractivity contribution >= 4 is 23.3 Å². The first-order valence-electron chi connectivity index (χ1n) is 6.31. The van der Waals surface area contributed by atoms with E-state index in [4.69, 9.17) is 16.3 Å². The Balaban J connectivity index is 1.67. The maximum atomic E-state index is 11.7. The number of amides is 1. The van der Waals surface area contributed by atoms with E-state index in [1.807, 2.05) is 0 Å². The van der Waals surface area contributed by atoms with Gasteiger partial charge >= 0.3 is 0 Å². The lowest BCUT2D eigenvalue weighted by molar-refractivity contribution is -0.116. The fourth-order valence-corrected chi connectivity index (χ4v) is 2.04. The Morgan fingerprint density at radius 3 is 2.95 bits per heavy atom. The Morgan fingerprint density at radius 2 is 2.21 bits per heavy atom. The number of rotatable bonds is 5. The van der Waals surface area contributed by atoms with Crippen LogP contribution in [0.1, 0.15) is 12.8 Å². The van der Waals surface area contributed by atoms with Crippen molar-refractivity contribution in [2.24, 2.45) is 0 Å². The molecule has 7 heteroatoms. The van der Waals surface area contributed by atoms with Crippen LogP contribution in [-0.2, 0) is 9.53 Å². The Labute approximate surface area is 117 Å². The van der Waals surface area contributed by atoms with Crippen LogP contribution < -0.4 is 5.32 Å². The summed E-state index contributed by atoms with van der Waals surface area (Å²) in [5.74, 6) is 0.388. The van der Waals surface area contributed by atoms with Crippen LogP contribution in [0, 0.1) is 0 Å². The maximum Gasteiger partial charge on any atom is 0.225 e. The molecule has 1 amide bonds. The molecule has 1 fully saturated rings. The van der Waals surface area contributed by atoms with Crippen LogP contribution >= 0.6 is 11.6 Å². The molecule has 104 valence electrons. The number of carbonyl (C=O) groups excluding carboxylic acids is 1. The molecule has 1 aliphatic rings. The van der Waals surface area contributed by atoms with Crippen LogP contribution in [0.4, 0.5) is 5.82 Å². The molecule has 2 heterocycles. The summed E-state index contributed by atoms with van der Waals surface area (Å²) in [6.45, 7) is 4.38. The fraction of sp³-hybridized carbons (Fsp3) is 0.583. The Morgan fingerprint density at radius 1 is 1.42 bits per heavy atom. The monoisotopic (exact) mass is 284 g/mol. The van der Waals surface area contributed by atoms with E-state index in [1.165, 1.54) is 12.4 Å². The molecule has 1 N–H and O–H groups in total. The Kier molecular flexibility index (Phi) is 5.50. The minimum absolute atomic E-state index is 0.0528. The lowest BCUT2D eigenvalue weighted by Crippen LogP contribution is -2.37. The number of hydrogen-bond donors (Lipinski definition) is 1. The Hall–Kier alpha value is -1.24. The summed E-state index contributed by atoms with van der Waals surface area (Å²) in [7, 11) is 0. The number of ether oxygens (including phenoxy) is 1. The van der Waals surface area contributed by atoms with Gasteiger partial charge in [0.05, 0.1) is 13.2 Å². The smallest absolute Gasteiger partial charge is 0.225 e. The quantitative estimate of drug-likeness (QED) is 0.823. The third-order valence-corrected chi connectivity index (χ3v) is 3.09. The van der Waals surface area contributed by atoms with E-state index in [-0.39, 0.29) is 5.91 Å². The summed E-state index contributed by atoms with van der Waals surface area (Å²) in [5.41, 5.74) is 0. The van der Waals surface area contributed by atoms with E-state index in [9.17, 15) is 4.79 Å². The molecular weight excluding hydrogens is 268 g/mol. The summed E-state index contributed by atoms with van der Waals surface area (Å²) in [6.07, 6.45) is 2.62. The highest BCUT2D eigenvalue weighted by Gasteiger charge is 2.11. The van der Waals surface area contributed by atoms with E-state index >= 15 is 0 Å². The molecule has 1 saturated heterocycles. The van der Waals surface area contributed by atoms with Crippen molar-refractivity contribution in [3.8, 4) is 0 Å². The predicted octanol–water partition coefficient (Wildman–Crippen LogP) is 1.18. The van der Waals surface area contributed by atoms with Crippen LogP contribution in [0.25, 0.3) is 0 Å². The minimum atomic E-state index is -0.0528. The molecule has 0 aliphatic carbocycles. The number of nitrogens with zero attached hydrogens (tertiary/aromatic N) is 3. The van der Waals surface area contributed by atoms with Crippen LogP contribution in [0.2, 0.25) is 5.15 Å². The summed E-state index contributed by atoms with van der Waals surface area (Å²) >= 11 is 5.71. The van der Waals surface area contributed by atoms with Crippen molar-refractivity contribution in [3.05, 3.63) is 17.5 Å². The van der Waals surface area contributed by atoms with Gasteiger partial charge in [0.25, 0.3) is 0 Å². The SMILES string of the molecule is O=C(CCCN1CCOCC1)Nc1cc(Cl)ncn1. The fourth-order valence-electron chi connectivity index (χ4n) is 1.90. The minimum Gasteiger partial charge on any atom is -0.379 e. The number of anilines is 1. The standard InChI is InChI=1S/C12H17ClN4O2/c13-10-8-11(15-9-14-10)16-12(18)2-1-3-17-4-6-19-7-5-17/h8-9H,1-7H2,(H,14,15,16,18).